The van der Waals surface area contributed by atoms with Crippen LogP contribution in [0.5, 0.6) is 5.75 Å². The molecule has 1 N–H and O–H groups in total. The Labute approximate surface area is 143 Å². The number of benzene rings is 1. The highest BCUT2D eigenvalue weighted by Crippen LogP contribution is 2.27. The predicted molar refractivity (Wildman–Crippen MR) is 90.6 cm³/mol. The molecule has 8 heteroatoms. The molecule has 124 valence electrons. The number of nitrogens with one attached hydrogen (secondary N) is 1. The Hall–Kier alpha value is -2.67. The van der Waals surface area contributed by atoms with Crippen LogP contribution in [0, 0.1) is 13.8 Å². The van der Waals surface area contributed by atoms with Crippen LogP contribution in [0.2, 0.25) is 5.02 Å². The Bertz CT molecular complexity index is 922. The molecule has 0 radical (unpaired) electrons. The van der Waals surface area contributed by atoms with Crippen LogP contribution in [-0.2, 0) is 11.2 Å². The Kier molecular flexibility index (Phi) is 4.35. The van der Waals surface area contributed by atoms with Gasteiger partial charge in [0.05, 0.1) is 19.2 Å². The van der Waals surface area contributed by atoms with Crippen molar-refractivity contribution in [3.63, 3.8) is 0 Å². The van der Waals surface area contributed by atoms with E-state index in [0.29, 0.717) is 28.1 Å². The van der Waals surface area contributed by atoms with E-state index in [1.807, 2.05) is 19.9 Å². The second-order valence-electron chi connectivity index (χ2n) is 5.35. The summed E-state index contributed by atoms with van der Waals surface area (Å²) in [5.41, 5.74) is 2.27. The molecular weight excluding hydrogens is 330 g/mol. The third-order valence-electron chi connectivity index (χ3n) is 3.42. The molecule has 24 heavy (non-hydrogen) atoms. The van der Waals surface area contributed by atoms with Crippen LogP contribution >= 0.6 is 11.6 Å². The number of carbonyl (C=O) groups is 1. The van der Waals surface area contributed by atoms with E-state index in [1.54, 1.807) is 22.7 Å². The van der Waals surface area contributed by atoms with Gasteiger partial charge < -0.3 is 10.1 Å². The number of aryl methyl sites for hydroxylation is 2. The summed E-state index contributed by atoms with van der Waals surface area (Å²) in [6.07, 6.45) is 0.0253. The normalized spacial score (nSPS) is 10.8. The van der Waals surface area contributed by atoms with Crippen molar-refractivity contribution in [3.05, 3.63) is 46.5 Å². The number of carbonyl (C=O) groups excluding carboxylic acids is 1. The molecule has 0 atom stereocenters. The van der Waals surface area contributed by atoms with Gasteiger partial charge in [-0.05, 0) is 38.1 Å². The van der Waals surface area contributed by atoms with Gasteiger partial charge in [-0.1, -0.05) is 11.6 Å². The average molecular weight is 346 g/mol. The molecule has 3 rings (SSSR count). The number of hydrogen-bond acceptors (Lipinski definition) is 5. The second-order valence-corrected chi connectivity index (χ2v) is 5.78. The molecule has 0 fully saturated rings. The first-order chi connectivity index (χ1) is 11.5. The molecule has 1 aromatic carbocycles. The van der Waals surface area contributed by atoms with E-state index in [2.05, 4.69) is 20.4 Å². The lowest BCUT2D eigenvalue weighted by Gasteiger charge is -2.09. The zero-order valence-electron chi connectivity index (χ0n) is 13.5. The lowest BCUT2D eigenvalue weighted by atomic mass is 10.2. The molecule has 2 heterocycles. The number of methoxy groups -OCH3 is 1. The lowest BCUT2D eigenvalue weighted by molar-refractivity contribution is -0.115. The Morgan fingerprint density at radius 1 is 1.29 bits per heavy atom. The highest BCUT2D eigenvalue weighted by molar-refractivity contribution is 6.31. The first-order valence-electron chi connectivity index (χ1n) is 7.29. The largest absolute Gasteiger partial charge is 0.495 e. The van der Waals surface area contributed by atoms with Crippen molar-refractivity contribution in [1.29, 1.82) is 0 Å². The van der Waals surface area contributed by atoms with Crippen molar-refractivity contribution in [2.45, 2.75) is 20.3 Å². The molecule has 0 spiro atoms. The van der Waals surface area contributed by atoms with Gasteiger partial charge in [0, 0.05) is 16.4 Å². The minimum absolute atomic E-state index is 0.0253. The van der Waals surface area contributed by atoms with Gasteiger partial charge in [0.1, 0.15) is 5.75 Å². The van der Waals surface area contributed by atoms with Gasteiger partial charge in [0.2, 0.25) is 5.91 Å². The maximum atomic E-state index is 12.3. The molecule has 7 nitrogen and oxygen atoms in total. The van der Waals surface area contributed by atoms with Gasteiger partial charge in [-0.2, -0.15) is 4.98 Å². The zero-order chi connectivity index (χ0) is 17.3. The fourth-order valence-corrected chi connectivity index (χ4v) is 2.57. The summed E-state index contributed by atoms with van der Waals surface area (Å²) in [5.74, 6) is 1.15. The molecule has 0 saturated carbocycles. The topological polar surface area (TPSA) is 81.4 Å². The number of rotatable bonds is 4. The smallest absolute Gasteiger partial charge is 0.252 e. The monoisotopic (exact) mass is 345 g/mol. The fourth-order valence-electron chi connectivity index (χ4n) is 2.40. The number of ether oxygens (including phenoxy) is 1. The van der Waals surface area contributed by atoms with E-state index in [-0.39, 0.29) is 12.3 Å². The van der Waals surface area contributed by atoms with E-state index in [4.69, 9.17) is 16.3 Å². The van der Waals surface area contributed by atoms with Crippen molar-refractivity contribution in [3.8, 4) is 5.75 Å². The van der Waals surface area contributed by atoms with Crippen LogP contribution in [0.1, 0.15) is 17.2 Å². The van der Waals surface area contributed by atoms with E-state index in [9.17, 15) is 4.79 Å². The third kappa shape index (κ3) is 3.30. The Morgan fingerprint density at radius 2 is 2.08 bits per heavy atom. The highest BCUT2D eigenvalue weighted by Gasteiger charge is 2.14. The molecule has 1 amide bonds. The number of halogens is 1. The van der Waals surface area contributed by atoms with E-state index in [1.165, 1.54) is 7.11 Å². The number of hydrogen-bond donors (Lipinski definition) is 1. The molecular formula is C16H16ClN5O2. The summed E-state index contributed by atoms with van der Waals surface area (Å²) in [7, 11) is 1.53. The minimum Gasteiger partial charge on any atom is -0.495 e. The van der Waals surface area contributed by atoms with Crippen molar-refractivity contribution < 1.29 is 9.53 Å². The molecule has 0 bridgehead atoms. The summed E-state index contributed by atoms with van der Waals surface area (Å²) >= 11 is 5.96. The molecule has 0 unspecified atom stereocenters. The van der Waals surface area contributed by atoms with Crippen LogP contribution in [0.25, 0.3) is 5.78 Å². The number of anilines is 1. The van der Waals surface area contributed by atoms with Gasteiger partial charge in [-0.15, -0.1) is 5.10 Å². The van der Waals surface area contributed by atoms with E-state index >= 15 is 0 Å². The van der Waals surface area contributed by atoms with Gasteiger partial charge in [0.25, 0.3) is 5.78 Å². The number of aromatic nitrogens is 4. The van der Waals surface area contributed by atoms with Crippen molar-refractivity contribution in [2.24, 2.45) is 0 Å². The van der Waals surface area contributed by atoms with Gasteiger partial charge in [0.15, 0.2) is 5.82 Å². The van der Waals surface area contributed by atoms with Crippen LogP contribution in [0.4, 0.5) is 5.69 Å². The highest BCUT2D eigenvalue weighted by atomic mass is 35.5. The van der Waals surface area contributed by atoms with E-state index in [0.717, 1.165) is 11.4 Å². The number of fused-ring (bicyclic) bond motifs is 1. The molecule has 0 aliphatic rings. The van der Waals surface area contributed by atoms with Crippen molar-refractivity contribution in [1.82, 2.24) is 19.6 Å². The number of nitrogens with zero attached hydrogens (tertiary/aromatic N) is 4. The van der Waals surface area contributed by atoms with Gasteiger partial charge >= 0.3 is 0 Å². The first kappa shape index (κ1) is 16.2. The minimum atomic E-state index is -0.263. The molecule has 2 aromatic heterocycles. The van der Waals surface area contributed by atoms with Gasteiger partial charge in [-0.3, -0.25) is 4.79 Å². The summed E-state index contributed by atoms with van der Waals surface area (Å²) in [6.45, 7) is 3.80. The summed E-state index contributed by atoms with van der Waals surface area (Å²) in [6, 6.07) is 6.92. The lowest BCUT2D eigenvalue weighted by Crippen LogP contribution is -2.16. The Balaban J connectivity index is 1.80. The van der Waals surface area contributed by atoms with Crippen LogP contribution < -0.4 is 10.1 Å². The van der Waals surface area contributed by atoms with E-state index < -0.39 is 0 Å². The SMILES string of the molecule is COc1ccc(Cl)cc1NC(=O)Cc1nc2nc(C)cc(C)n2n1. The zero-order valence-corrected chi connectivity index (χ0v) is 14.3. The third-order valence-corrected chi connectivity index (χ3v) is 3.65. The van der Waals surface area contributed by atoms with Crippen LogP contribution in [-0.4, -0.2) is 32.6 Å². The summed E-state index contributed by atoms with van der Waals surface area (Å²) in [4.78, 5) is 20.9. The molecule has 3 aromatic rings. The van der Waals surface area contributed by atoms with Crippen molar-refractivity contribution in [2.75, 3.05) is 12.4 Å². The molecule has 0 aliphatic heterocycles. The van der Waals surface area contributed by atoms with Crippen LogP contribution in [0.15, 0.2) is 24.3 Å². The summed E-state index contributed by atoms with van der Waals surface area (Å²) in [5, 5.41) is 7.59. The standard InChI is InChI=1S/C16H16ClN5O2/c1-9-6-10(2)22-16(18-9)20-14(21-22)8-15(23)19-12-7-11(17)4-5-13(12)24-3/h4-7H,8H2,1-3H3,(H,19,23). The first-order valence-corrected chi connectivity index (χ1v) is 7.67. The second kappa shape index (κ2) is 6.45. The maximum Gasteiger partial charge on any atom is 0.252 e. The Morgan fingerprint density at radius 3 is 2.83 bits per heavy atom. The molecule has 0 aliphatic carbocycles. The summed E-state index contributed by atoms with van der Waals surface area (Å²) < 4.78 is 6.83. The number of amides is 1. The van der Waals surface area contributed by atoms with Crippen molar-refractivity contribution >= 4 is 29.0 Å². The molecule has 0 saturated heterocycles. The van der Waals surface area contributed by atoms with Gasteiger partial charge in [-0.25, -0.2) is 9.50 Å². The average Bonchev–Trinajstić information content (AvgIpc) is 2.90. The fraction of sp³-hybridized carbons (Fsp3) is 0.250. The quantitative estimate of drug-likeness (QED) is 0.786. The van der Waals surface area contributed by atoms with Crippen LogP contribution in [0.3, 0.4) is 0 Å². The maximum absolute atomic E-state index is 12.3. The predicted octanol–water partition coefficient (Wildman–Crippen LogP) is 2.58.